The highest BCUT2D eigenvalue weighted by Crippen LogP contribution is 2.28. The molecule has 0 unspecified atom stereocenters. The average Bonchev–Trinajstić information content (AvgIpc) is 3.32. The lowest BCUT2D eigenvalue weighted by Gasteiger charge is -2.35. The molecule has 2 heterocycles. The van der Waals surface area contributed by atoms with Gasteiger partial charge in [-0.2, -0.15) is 0 Å². The molecular weight excluding hydrogens is 372 g/mol. The molecule has 2 aromatic carbocycles. The Morgan fingerprint density at radius 1 is 0.867 bits per heavy atom. The number of nitrogens with zero attached hydrogens (tertiary/aromatic N) is 4. The number of rotatable bonds is 4. The second-order valence-corrected chi connectivity index (χ2v) is 8.56. The van der Waals surface area contributed by atoms with Gasteiger partial charge in [-0.05, 0) is 47.7 Å². The van der Waals surface area contributed by atoms with Gasteiger partial charge in [0.1, 0.15) is 0 Å². The van der Waals surface area contributed by atoms with Gasteiger partial charge in [-0.1, -0.05) is 49.2 Å². The predicted octanol–water partition coefficient (Wildman–Crippen LogP) is 4.53. The number of piperazine rings is 1. The first-order chi connectivity index (χ1) is 14.8. The van der Waals surface area contributed by atoms with Crippen molar-refractivity contribution in [2.45, 2.75) is 32.1 Å². The van der Waals surface area contributed by atoms with Gasteiger partial charge >= 0.3 is 0 Å². The molecule has 0 radical (unpaired) electrons. The van der Waals surface area contributed by atoms with Crippen molar-refractivity contribution in [2.75, 3.05) is 31.1 Å². The average molecular weight is 401 g/mol. The standard InChI is InChI=1S/C25H28N4O/c30-25(17-19-5-1-2-6-19)29-15-13-28(14-16-29)24-12-11-23(26-27-24)22-10-9-20-7-3-4-8-21(20)18-22/h3-4,7-12,18-19H,1-2,5-6,13-17H2. The molecule has 1 saturated carbocycles. The zero-order valence-electron chi connectivity index (χ0n) is 17.3. The van der Waals surface area contributed by atoms with Gasteiger partial charge in [-0.15, -0.1) is 10.2 Å². The molecule has 1 amide bonds. The fourth-order valence-corrected chi connectivity index (χ4v) is 4.77. The van der Waals surface area contributed by atoms with E-state index in [1.54, 1.807) is 0 Å². The van der Waals surface area contributed by atoms with E-state index in [2.05, 4.69) is 57.6 Å². The summed E-state index contributed by atoms with van der Waals surface area (Å²) in [6.45, 7) is 3.19. The zero-order chi connectivity index (χ0) is 20.3. The first-order valence-electron chi connectivity index (χ1n) is 11.1. The largest absolute Gasteiger partial charge is 0.352 e. The Bertz CT molecular complexity index is 1020. The SMILES string of the molecule is O=C(CC1CCCC1)N1CCN(c2ccc(-c3ccc4ccccc4c3)nn2)CC1. The molecule has 0 N–H and O–H groups in total. The van der Waals surface area contributed by atoms with E-state index >= 15 is 0 Å². The highest BCUT2D eigenvalue weighted by atomic mass is 16.2. The second-order valence-electron chi connectivity index (χ2n) is 8.56. The molecule has 30 heavy (non-hydrogen) atoms. The van der Waals surface area contributed by atoms with Crippen LogP contribution in [0, 0.1) is 5.92 Å². The van der Waals surface area contributed by atoms with Crippen molar-refractivity contribution in [1.29, 1.82) is 0 Å². The minimum absolute atomic E-state index is 0.333. The molecule has 1 aliphatic carbocycles. The lowest BCUT2D eigenvalue weighted by atomic mass is 10.0. The van der Waals surface area contributed by atoms with E-state index in [1.165, 1.54) is 36.5 Å². The lowest BCUT2D eigenvalue weighted by Crippen LogP contribution is -2.49. The zero-order valence-corrected chi connectivity index (χ0v) is 17.3. The van der Waals surface area contributed by atoms with E-state index in [9.17, 15) is 4.79 Å². The quantitative estimate of drug-likeness (QED) is 0.646. The van der Waals surface area contributed by atoms with Crippen LogP contribution in [0.25, 0.3) is 22.0 Å². The van der Waals surface area contributed by atoms with Gasteiger partial charge in [-0.25, -0.2) is 0 Å². The van der Waals surface area contributed by atoms with E-state index in [1.807, 2.05) is 17.0 Å². The van der Waals surface area contributed by atoms with Crippen LogP contribution >= 0.6 is 0 Å². The second kappa shape index (κ2) is 8.42. The van der Waals surface area contributed by atoms with Gasteiger partial charge in [0.25, 0.3) is 0 Å². The van der Waals surface area contributed by atoms with Crippen molar-refractivity contribution in [2.24, 2.45) is 5.92 Å². The van der Waals surface area contributed by atoms with Crippen molar-refractivity contribution in [3.05, 3.63) is 54.6 Å². The Hall–Kier alpha value is -2.95. The molecule has 1 aromatic heterocycles. The van der Waals surface area contributed by atoms with Crippen molar-refractivity contribution in [3.8, 4) is 11.3 Å². The minimum Gasteiger partial charge on any atom is -0.352 e. The molecule has 5 rings (SSSR count). The van der Waals surface area contributed by atoms with Crippen LogP contribution in [0.15, 0.2) is 54.6 Å². The third-order valence-electron chi connectivity index (χ3n) is 6.59. The molecule has 5 nitrogen and oxygen atoms in total. The van der Waals surface area contributed by atoms with E-state index < -0.39 is 0 Å². The lowest BCUT2D eigenvalue weighted by molar-refractivity contribution is -0.132. The third kappa shape index (κ3) is 4.02. The van der Waals surface area contributed by atoms with Crippen molar-refractivity contribution in [3.63, 3.8) is 0 Å². The number of carbonyl (C=O) groups excluding carboxylic acids is 1. The minimum atomic E-state index is 0.333. The summed E-state index contributed by atoms with van der Waals surface area (Å²) in [5.74, 6) is 1.84. The Balaban J connectivity index is 1.21. The third-order valence-corrected chi connectivity index (χ3v) is 6.59. The van der Waals surface area contributed by atoms with Crippen molar-refractivity contribution >= 4 is 22.5 Å². The van der Waals surface area contributed by atoms with Crippen LogP contribution in [-0.4, -0.2) is 47.2 Å². The van der Waals surface area contributed by atoms with Crippen LogP contribution < -0.4 is 4.90 Å². The van der Waals surface area contributed by atoms with Gasteiger partial charge < -0.3 is 9.80 Å². The monoisotopic (exact) mass is 400 g/mol. The Kier molecular flexibility index (Phi) is 5.35. The number of benzene rings is 2. The number of carbonyl (C=O) groups is 1. The summed E-state index contributed by atoms with van der Waals surface area (Å²) in [5, 5.41) is 11.4. The summed E-state index contributed by atoms with van der Waals surface area (Å²) < 4.78 is 0. The molecule has 5 heteroatoms. The first-order valence-corrected chi connectivity index (χ1v) is 11.1. The predicted molar refractivity (Wildman–Crippen MR) is 120 cm³/mol. The number of anilines is 1. The Morgan fingerprint density at radius 3 is 2.37 bits per heavy atom. The molecule has 1 aliphatic heterocycles. The van der Waals surface area contributed by atoms with Gasteiger partial charge in [0.2, 0.25) is 5.91 Å². The van der Waals surface area contributed by atoms with E-state index in [0.29, 0.717) is 11.8 Å². The van der Waals surface area contributed by atoms with Crippen LogP contribution in [-0.2, 0) is 4.79 Å². The van der Waals surface area contributed by atoms with Crippen LogP contribution in [0.1, 0.15) is 32.1 Å². The number of fused-ring (bicyclic) bond motifs is 1. The summed E-state index contributed by atoms with van der Waals surface area (Å²) in [7, 11) is 0. The summed E-state index contributed by atoms with van der Waals surface area (Å²) in [5.41, 5.74) is 1.96. The van der Waals surface area contributed by atoms with Crippen molar-refractivity contribution < 1.29 is 4.79 Å². The molecule has 2 aliphatic rings. The van der Waals surface area contributed by atoms with Crippen LogP contribution in [0.2, 0.25) is 0 Å². The highest BCUT2D eigenvalue weighted by Gasteiger charge is 2.25. The maximum absolute atomic E-state index is 12.6. The molecule has 1 saturated heterocycles. The Morgan fingerprint density at radius 2 is 1.63 bits per heavy atom. The molecule has 154 valence electrons. The Labute approximate surface area is 177 Å². The summed E-state index contributed by atoms with van der Waals surface area (Å²) >= 11 is 0. The maximum atomic E-state index is 12.6. The molecule has 0 atom stereocenters. The van der Waals surface area contributed by atoms with Crippen LogP contribution in [0.3, 0.4) is 0 Å². The van der Waals surface area contributed by atoms with Gasteiger partial charge in [0.15, 0.2) is 5.82 Å². The molecule has 0 bridgehead atoms. The fraction of sp³-hybridized carbons (Fsp3) is 0.400. The first kappa shape index (κ1) is 19.0. The number of amides is 1. The van der Waals surface area contributed by atoms with Gasteiger partial charge in [0, 0.05) is 38.2 Å². The summed E-state index contributed by atoms with van der Waals surface area (Å²) in [6, 6.07) is 18.8. The number of hydrogen-bond acceptors (Lipinski definition) is 4. The maximum Gasteiger partial charge on any atom is 0.222 e. The highest BCUT2D eigenvalue weighted by molar-refractivity contribution is 5.86. The smallest absolute Gasteiger partial charge is 0.222 e. The summed E-state index contributed by atoms with van der Waals surface area (Å²) in [6.07, 6.45) is 5.77. The topological polar surface area (TPSA) is 49.3 Å². The number of hydrogen-bond donors (Lipinski definition) is 0. The summed E-state index contributed by atoms with van der Waals surface area (Å²) in [4.78, 5) is 16.8. The van der Waals surface area contributed by atoms with E-state index in [4.69, 9.17) is 0 Å². The molecular formula is C25H28N4O. The molecule has 2 fully saturated rings. The molecule has 0 spiro atoms. The van der Waals surface area contributed by atoms with Gasteiger partial charge in [-0.3, -0.25) is 4.79 Å². The van der Waals surface area contributed by atoms with E-state index in [0.717, 1.165) is 49.7 Å². The van der Waals surface area contributed by atoms with Gasteiger partial charge in [0.05, 0.1) is 5.69 Å². The molecule has 3 aromatic rings. The normalized spacial score (nSPS) is 17.6. The van der Waals surface area contributed by atoms with Crippen molar-refractivity contribution in [1.82, 2.24) is 15.1 Å². The van der Waals surface area contributed by atoms with Crippen LogP contribution in [0.5, 0.6) is 0 Å². The van der Waals surface area contributed by atoms with Crippen LogP contribution in [0.4, 0.5) is 5.82 Å². The number of aromatic nitrogens is 2. The fourth-order valence-electron chi connectivity index (χ4n) is 4.77. The van der Waals surface area contributed by atoms with E-state index in [-0.39, 0.29) is 0 Å².